The van der Waals surface area contributed by atoms with Crippen LogP contribution in [0.15, 0.2) is 24.3 Å². The Morgan fingerprint density at radius 2 is 1.79 bits per heavy atom. The van der Waals surface area contributed by atoms with E-state index in [0.717, 1.165) is 0 Å². The molecule has 5 heteroatoms. The molecule has 2 rings (SSSR count). The molecule has 0 N–H and O–H groups in total. The Morgan fingerprint density at radius 3 is 2.32 bits per heavy atom. The third-order valence-corrected chi connectivity index (χ3v) is 3.27. The predicted octanol–water partition coefficient (Wildman–Crippen LogP) is 2.43. The highest BCUT2D eigenvalue weighted by Gasteiger charge is 2.34. The zero-order valence-electron chi connectivity index (χ0n) is 10.7. The minimum atomic E-state index is -0.220. The van der Waals surface area contributed by atoms with Gasteiger partial charge in [-0.15, -0.1) is 0 Å². The first-order valence-corrected chi connectivity index (χ1v) is 6.66. The van der Waals surface area contributed by atoms with E-state index in [4.69, 9.17) is 17.0 Å². The van der Waals surface area contributed by atoms with Crippen molar-refractivity contribution in [2.24, 2.45) is 0 Å². The molecule has 0 fully saturated rings. The molecule has 0 unspecified atom stereocenters. The molecule has 4 nitrogen and oxygen atoms in total. The van der Waals surface area contributed by atoms with Crippen LogP contribution in [0.2, 0.25) is 0 Å². The maximum Gasteiger partial charge on any atom is 0.261 e. The second-order valence-corrected chi connectivity index (χ2v) is 4.67. The van der Waals surface area contributed by atoms with Gasteiger partial charge in [-0.1, -0.05) is 12.1 Å². The van der Waals surface area contributed by atoms with Gasteiger partial charge in [0.05, 0.1) is 17.7 Å². The molecule has 1 aromatic rings. The van der Waals surface area contributed by atoms with E-state index < -0.39 is 0 Å². The number of hydrogen-bond acceptors (Lipinski definition) is 4. The number of carbonyl (C=O) groups excluding carboxylic acids is 2. The Kier molecular flexibility index (Phi) is 4.27. The van der Waals surface area contributed by atoms with Crippen LogP contribution in [0.4, 0.5) is 0 Å². The Hall–Kier alpha value is -1.75. The van der Waals surface area contributed by atoms with E-state index in [0.29, 0.717) is 42.2 Å². The summed E-state index contributed by atoms with van der Waals surface area (Å²) in [6.07, 6.45) is 1.21. The topological polar surface area (TPSA) is 46.6 Å². The summed E-state index contributed by atoms with van der Waals surface area (Å²) in [5.41, 5.74) is 0.972. The molecule has 19 heavy (non-hydrogen) atoms. The third-order valence-electron chi connectivity index (χ3n) is 2.95. The molecular weight excluding hydrogens is 262 g/mol. The molecule has 1 heterocycles. The van der Waals surface area contributed by atoms with Gasteiger partial charge in [-0.2, -0.15) is 0 Å². The number of thiocarbonyl (C=S) groups is 1. The van der Waals surface area contributed by atoms with Gasteiger partial charge < -0.3 is 4.74 Å². The van der Waals surface area contributed by atoms with Crippen molar-refractivity contribution in [3.05, 3.63) is 35.4 Å². The minimum Gasteiger partial charge on any atom is -0.487 e. The highest BCUT2D eigenvalue weighted by molar-refractivity contribution is 7.80. The predicted molar refractivity (Wildman–Crippen MR) is 75.3 cm³/mol. The van der Waals surface area contributed by atoms with E-state index in [9.17, 15) is 9.59 Å². The fourth-order valence-corrected chi connectivity index (χ4v) is 2.32. The maximum absolute atomic E-state index is 12.0. The van der Waals surface area contributed by atoms with Crippen molar-refractivity contribution < 1.29 is 14.3 Å². The monoisotopic (exact) mass is 277 g/mol. The SMILES string of the molecule is CCOC(=S)CCCN1C(=O)c2ccccc2C1=O. The van der Waals surface area contributed by atoms with Crippen LogP contribution >= 0.6 is 12.2 Å². The molecule has 0 aliphatic carbocycles. The van der Waals surface area contributed by atoms with Crippen LogP contribution in [-0.4, -0.2) is 34.9 Å². The molecular formula is C14H15NO3S. The van der Waals surface area contributed by atoms with E-state index in [1.54, 1.807) is 24.3 Å². The summed E-state index contributed by atoms with van der Waals surface area (Å²) in [6.45, 7) is 2.79. The van der Waals surface area contributed by atoms with Gasteiger partial charge in [0.1, 0.15) is 0 Å². The van der Waals surface area contributed by atoms with Crippen LogP contribution in [-0.2, 0) is 4.74 Å². The fraction of sp³-hybridized carbons (Fsp3) is 0.357. The lowest BCUT2D eigenvalue weighted by molar-refractivity contribution is 0.0652. The summed E-state index contributed by atoms with van der Waals surface area (Å²) in [7, 11) is 0. The normalized spacial score (nSPS) is 13.6. The lowest BCUT2D eigenvalue weighted by Gasteiger charge is -2.13. The van der Waals surface area contributed by atoms with E-state index in [1.165, 1.54) is 4.90 Å². The quantitative estimate of drug-likeness (QED) is 0.612. The van der Waals surface area contributed by atoms with E-state index in [2.05, 4.69) is 0 Å². The second-order valence-electron chi connectivity index (χ2n) is 4.22. The summed E-state index contributed by atoms with van der Waals surface area (Å²) >= 11 is 5.01. The smallest absolute Gasteiger partial charge is 0.261 e. The molecule has 0 radical (unpaired) electrons. The van der Waals surface area contributed by atoms with Gasteiger partial charge in [-0.3, -0.25) is 14.5 Å². The van der Waals surface area contributed by atoms with E-state index in [1.807, 2.05) is 6.92 Å². The summed E-state index contributed by atoms with van der Waals surface area (Å²) in [6, 6.07) is 6.89. The number of carbonyl (C=O) groups is 2. The number of benzene rings is 1. The Morgan fingerprint density at radius 1 is 1.21 bits per heavy atom. The van der Waals surface area contributed by atoms with Crippen LogP contribution in [0.1, 0.15) is 40.5 Å². The highest BCUT2D eigenvalue weighted by Crippen LogP contribution is 2.22. The molecule has 0 bridgehead atoms. The van der Waals surface area contributed by atoms with Crippen molar-refractivity contribution >= 4 is 29.1 Å². The lowest BCUT2D eigenvalue weighted by Crippen LogP contribution is -2.31. The van der Waals surface area contributed by atoms with Crippen LogP contribution in [0, 0.1) is 0 Å². The summed E-state index contributed by atoms with van der Waals surface area (Å²) in [4.78, 5) is 25.4. The Balaban J connectivity index is 1.95. The average molecular weight is 277 g/mol. The third kappa shape index (κ3) is 2.81. The molecule has 100 valence electrons. The number of nitrogens with zero attached hydrogens (tertiary/aromatic N) is 1. The summed E-state index contributed by atoms with van der Waals surface area (Å²) in [5, 5.41) is 0.527. The largest absolute Gasteiger partial charge is 0.487 e. The Labute approximate surface area is 117 Å². The summed E-state index contributed by atoms with van der Waals surface area (Å²) < 4.78 is 5.17. The molecule has 0 saturated carbocycles. The van der Waals surface area contributed by atoms with Crippen molar-refractivity contribution in [1.82, 2.24) is 4.90 Å². The number of ether oxygens (including phenoxy) is 1. The molecule has 0 atom stereocenters. The number of hydrogen-bond donors (Lipinski definition) is 0. The first-order chi connectivity index (χ1) is 9.15. The zero-order valence-corrected chi connectivity index (χ0v) is 11.5. The van der Waals surface area contributed by atoms with Crippen molar-refractivity contribution in [1.29, 1.82) is 0 Å². The van der Waals surface area contributed by atoms with Crippen LogP contribution in [0.25, 0.3) is 0 Å². The van der Waals surface area contributed by atoms with Gasteiger partial charge in [0, 0.05) is 13.0 Å². The van der Waals surface area contributed by atoms with Gasteiger partial charge in [0.2, 0.25) is 0 Å². The van der Waals surface area contributed by atoms with Crippen LogP contribution in [0.5, 0.6) is 0 Å². The molecule has 1 aliphatic rings. The first-order valence-electron chi connectivity index (χ1n) is 6.26. The van der Waals surface area contributed by atoms with Crippen molar-refractivity contribution in [2.75, 3.05) is 13.2 Å². The number of amides is 2. The van der Waals surface area contributed by atoms with Crippen molar-refractivity contribution in [2.45, 2.75) is 19.8 Å². The Bertz CT molecular complexity index is 492. The number of fused-ring (bicyclic) bond motifs is 1. The van der Waals surface area contributed by atoms with Gasteiger partial charge in [0.15, 0.2) is 5.05 Å². The first kappa shape index (κ1) is 13.7. The molecule has 0 aromatic heterocycles. The lowest BCUT2D eigenvalue weighted by atomic mass is 10.1. The van der Waals surface area contributed by atoms with Crippen LogP contribution in [0.3, 0.4) is 0 Å². The molecule has 0 spiro atoms. The van der Waals surface area contributed by atoms with Crippen molar-refractivity contribution in [3.8, 4) is 0 Å². The van der Waals surface area contributed by atoms with Crippen LogP contribution < -0.4 is 0 Å². The average Bonchev–Trinajstić information content (AvgIpc) is 2.65. The number of rotatable bonds is 5. The summed E-state index contributed by atoms with van der Waals surface area (Å²) in [5.74, 6) is -0.439. The second kappa shape index (κ2) is 5.93. The number of imide groups is 1. The van der Waals surface area contributed by atoms with E-state index >= 15 is 0 Å². The maximum atomic E-state index is 12.0. The minimum absolute atomic E-state index is 0.220. The molecule has 1 aliphatic heterocycles. The molecule has 1 aromatic carbocycles. The van der Waals surface area contributed by atoms with Gasteiger partial charge in [-0.05, 0) is 37.7 Å². The standard InChI is InChI=1S/C14H15NO3S/c1-2-18-12(19)8-5-9-15-13(16)10-6-3-4-7-11(10)14(15)17/h3-4,6-7H,2,5,8-9H2,1H3. The fourth-order valence-electron chi connectivity index (χ4n) is 2.06. The molecule has 0 saturated heterocycles. The van der Waals surface area contributed by atoms with E-state index in [-0.39, 0.29) is 11.8 Å². The van der Waals surface area contributed by atoms with Gasteiger partial charge >= 0.3 is 0 Å². The zero-order chi connectivity index (χ0) is 13.8. The highest BCUT2D eigenvalue weighted by atomic mass is 32.1. The van der Waals surface area contributed by atoms with Gasteiger partial charge in [-0.25, -0.2) is 0 Å². The van der Waals surface area contributed by atoms with Gasteiger partial charge in [0.25, 0.3) is 11.8 Å². The van der Waals surface area contributed by atoms with Crippen molar-refractivity contribution in [3.63, 3.8) is 0 Å². The molecule has 2 amide bonds.